The molecule has 1 aliphatic heterocycles. The number of esters is 1. The number of anilines is 2. The zero-order valence-electron chi connectivity index (χ0n) is 16.0. The molecule has 0 aromatic heterocycles. The smallest absolute Gasteiger partial charge is 0.339 e. The lowest BCUT2D eigenvalue weighted by atomic mass is 10.1. The number of ether oxygens (including phenoxy) is 1. The Morgan fingerprint density at radius 2 is 1.70 bits per heavy atom. The van der Waals surface area contributed by atoms with Crippen molar-refractivity contribution in [3.63, 3.8) is 0 Å². The van der Waals surface area contributed by atoms with E-state index < -0.39 is 5.97 Å². The van der Waals surface area contributed by atoms with Crippen LogP contribution in [-0.4, -0.2) is 50.2 Å². The summed E-state index contributed by atoms with van der Waals surface area (Å²) in [5, 5.41) is 2.84. The number of para-hydroxylation sites is 1. The van der Waals surface area contributed by atoms with Gasteiger partial charge >= 0.3 is 12.0 Å². The van der Waals surface area contributed by atoms with Crippen LogP contribution in [0.1, 0.15) is 21.5 Å². The zero-order chi connectivity index (χ0) is 19.4. The van der Waals surface area contributed by atoms with Crippen LogP contribution in [0.3, 0.4) is 0 Å². The third kappa shape index (κ3) is 4.22. The van der Waals surface area contributed by atoms with Crippen LogP contribution >= 0.6 is 0 Å². The van der Waals surface area contributed by atoms with E-state index in [1.807, 2.05) is 0 Å². The third-order valence-corrected chi connectivity index (χ3v) is 4.85. The summed E-state index contributed by atoms with van der Waals surface area (Å²) in [6, 6.07) is 13.1. The highest BCUT2D eigenvalue weighted by Crippen LogP contribution is 2.23. The lowest BCUT2D eigenvalue weighted by Crippen LogP contribution is -2.50. The molecule has 27 heavy (non-hydrogen) atoms. The summed E-state index contributed by atoms with van der Waals surface area (Å²) in [5.41, 5.74) is 4.51. The Kier molecular flexibility index (Phi) is 5.64. The number of aryl methyl sites for hydroxylation is 2. The Labute approximate surface area is 159 Å². The number of nitrogens with one attached hydrogen (secondary N) is 1. The average molecular weight is 367 g/mol. The molecule has 6 heteroatoms. The van der Waals surface area contributed by atoms with E-state index in [-0.39, 0.29) is 6.03 Å². The maximum Gasteiger partial charge on any atom is 0.339 e. The quantitative estimate of drug-likeness (QED) is 0.844. The Balaban J connectivity index is 1.64. The first kappa shape index (κ1) is 18.8. The minimum absolute atomic E-state index is 0.202. The Hall–Kier alpha value is -3.02. The predicted molar refractivity (Wildman–Crippen MR) is 107 cm³/mol. The fourth-order valence-corrected chi connectivity index (χ4v) is 3.28. The Morgan fingerprint density at radius 1 is 1.00 bits per heavy atom. The number of carbonyl (C=O) groups is 2. The van der Waals surface area contributed by atoms with Gasteiger partial charge in [-0.3, -0.25) is 0 Å². The molecule has 6 nitrogen and oxygen atoms in total. The molecule has 0 atom stereocenters. The summed E-state index contributed by atoms with van der Waals surface area (Å²) in [6.45, 7) is 6.99. The van der Waals surface area contributed by atoms with Gasteiger partial charge in [-0.25, -0.2) is 9.59 Å². The second-order valence-electron chi connectivity index (χ2n) is 6.73. The molecule has 0 radical (unpaired) electrons. The summed E-state index contributed by atoms with van der Waals surface area (Å²) in [5.74, 6) is -0.467. The summed E-state index contributed by atoms with van der Waals surface area (Å²) in [7, 11) is 1.33. The Bertz CT molecular complexity index is 842. The standard InChI is InChI=1S/C21H25N3O3/c1-15-8-9-16(2)19(14-15)23-10-12-24(13-11-23)21(26)22-18-7-5-4-6-17(18)20(25)27-3/h4-9,14H,10-13H2,1-3H3,(H,22,26). The maximum absolute atomic E-state index is 12.6. The lowest BCUT2D eigenvalue weighted by Gasteiger charge is -2.37. The number of urea groups is 1. The SMILES string of the molecule is COC(=O)c1ccccc1NC(=O)N1CCN(c2cc(C)ccc2C)CC1. The second kappa shape index (κ2) is 8.12. The van der Waals surface area contributed by atoms with E-state index in [0.717, 1.165) is 13.1 Å². The average Bonchev–Trinajstić information content (AvgIpc) is 2.69. The largest absolute Gasteiger partial charge is 0.465 e. The highest BCUT2D eigenvalue weighted by molar-refractivity contribution is 6.00. The van der Waals surface area contributed by atoms with Crippen LogP contribution in [0.4, 0.5) is 16.2 Å². The van der Waals surface area contributed by atoms with Gasteiger partial charge in [0.05, 0.1) is 18.4 Å². The van der Waals surface area contributed by atoms with E-state index in [1.54, 1.807) is 29.2 Å². The van der Waals surface area contributed by atoms with Crippen LogP contribution in [-0.2, 0) is 4.74 Å². The van der Waals surface area contributed by atoms with E-state index in [4.69, 9.17) is 4.74 Å². The van der Waals surface area contributed by atoms with Crippen molar-refractivity contribution in [2.24, 2.45) is 0 Å². The summed E-state index contributed by atoms with van der Waals surface area (Å²) >= 11 is 0. The monoisotopic (exact) mass is 367 g/mol. The van der Waals surface area contributed by atoms with E-state index in [0.29, 0.717) is 24.3 Å². The number of methoxy groups -OCH3 is 1. The number of hydrogen-bond donors (Lipinski definition) is 1. The molecule has 0 bridgehead atoms. The summed E-state index contributed by atoms with van der Waals surface area (Å²) in [6.07, 6.45) is 0. The van der Waals surface area contributed by atoms with Gasteiger partial charge < -0.3 is 19.9 Å². The van der Waals surface area contributed by atoms with Gasteiger partial charge in [0.25, 0.3) is 0 Å². The van der Waals surface area contributed by atoms with Gasteiger partial charge in [-0.15, -0.1) is 0 Å². The van der Waals surface area contributed by atoms with Crippen LogP contribution in [0.2, 0.25) is 0 Å². The van der Waals surface area contributed by atoms with Gasteiger partial charge in [-0.05, 0) is 43.2 Å². The van der Waals surface area contributed by atoms with Crippen molar-refractivity contribution >= 4 is 23.4 Å². The van der Waals surface area contributed by atoms with Crippen molar-refractivity contribution in [3.05, 3.63) is 59.2 Å². The van der Waals surface area contributed by atoms with E-state index >= 15 is 0 Å². The van der Waals surface area contributed by atoms with Gasteiger partial charge in [0.15, 0.2) is 0 Å². The molecule has 0 spiro atoms. The molecule has 0 saturated carbocycles. The molecular formula is C21H25N3O3. The van der Waals surface area contributed by atoms with E-state index in [2.05, 4.69) is 42.3 Å². The van der Waals surface area contributed by atoms with Crippen molar-refractivity contribution in [2.45, 2.75) is 13.8 Å². The molecule has 0 aliphatic carbocycles. The number of carbonyl (C=O) groups excluding carboxylic acids is 2. The molecule has 3 rings (SSSR count). The second-order valence-corrected chi connectivity index (χ2v) is 6.73. The minimum Gasteiger partial charge on any atom is -0.465 e. The first-order valence-corrected chi connectivity index (χ1v) is 9.05. The zero-order valence-corrected chi connectivity index (χ0v) is 16.0. The molecule has 2 aromatic carbocycles. The van der Waals surface area contributed by atoms with Crippen LogP contribution in [0, 0.1) is 13.8 Å². The number of nitrogens with zero attached hydrogens (tertiary/aromatic N) is 2. The van der Waals surface area contributed by atoms with Crippen LogP contribution in [0.25, 0.3) is 0 Å². The van der Waals surface area contributed by atoms with E-state index in [1.165, 1.54) is 23.9 Å². The van der Waals surface area contributed by atoms with Crippen molar-refractivity contribution in [3.8, 4) is 0 Å². The highest BCUT2D eigenvalue weighted by Gasteiger charge is 2.23. The minimum atomic E-state index is -0.467. The van der Waals surface area contributed by atoms with Crippen LogP contribution in [0.15, 0.2) is 42.5 Å². The van der Waals surface area contributed by atoms with Crippen molar-refractivity contribution in [2.75, 3.05) is 43.5 Å². The van der Waals surface area contributed by atoms with Gasteiger partial charge in [-0.2, -0.15) is 0 Å². The molecule has 2 aromatic rings. The van der Waals surface area contributed by atoms with E-state index in [9.17, 15) is 9.59 Å². The number of rotatable bonds is 3. The third-order valence-electron chi connectivity index (χ3n) is 4.85. The van der Waals surface area contributed by atoms with Crippen LogP contribution in [0.5, 0.6) is 0 Å². The highest BCUT2D eigenvalue weighted by atomic mass is 16.5. The predicted octanol–water partition coefficient (Wildman–Crippen LogP) is 3.44. The van der Waals surface area contributed by atoms with Gasteiger partial charge in [-0.1, -0.05) is 24.3 Å². The molecule has 1 saturated heterocycles. The maximum atomic E-state index is 12.6. The number of piperazine rings is 1. The van der Waals surface area contributed by atoms with Gasteiger partial charge in [0.2, 0.25) is 0 Å². The van der Waals surface area contributed by atoms with Gasteiger partial charge in [0, 0.05) is 31.9 Å². The molecule has 1 N–H and O–H groups in total. The molecular weight excluding hydrogens is 342 g/mol. The number of benzene rings is 2. The normalized spacial score (nSPS) is 14.0. The van der Waals surface area contributed by atoms with Crippen LogP contribution < -0.4 is 10.2 Å². The summed E-state index contributed by atoms with van der Waals surface area (Å²) in [4.78, 5) is 28.6. The molecule has 142 valence electrons. The van der Waals surface area contributed by atoms with Crippen molar-refractivity contribution in [1.29, 1.82) is 0 Å². The lowest BCUT2D eigenvalue weighted by molar-refractivity contribution is 0.0602. The molecule has 1 heterocycles. The topological polar surface area (TPSA) is 61.9 Å². The summed E-state index contributed by atoms with van der Waals surface area (Å²) < 4.78 is 4.78. The van der Waals surface area contributed by atoms with Crippen molar-refractivity contribution < 1.29 is 14.3 Å². The molecule has 1 fully saturated rings. The molecule has 1 aliphatic rings. The van der Waals surface area contributed by atoms with Crippen molar-refractivity contribution in [1.82, 2.24) is 4.90 Å². The fraction of sp³-hybridized carbons (Fsp3) is 0.333. The Morgan fingerprint density at radius 3 is 2.41 bits per heavy atom. The number of hydrogen-bond acceptors (Lipinski definition) is 4. The fourth-order valence-electron chi connectivity index (χ4n) is 3.28. The molecule has 2 amide bonds. The first-order valence-electron chi connectivity index (χ1n) is 9.05. The molecule has 0 unspecified atom stereocenters. The number of amides is 2. The first-order chi connectivity index (χ1) is 13.0. The van der Waals surface area contributed by atoms with Gasteiger partial charge in [0.1, 0.15) is 0 Å².